The number of hydrogen-bond donors (Lipinski definition) is 1. The monoisotopic (exact) mass is 263 g/mol. The van der Waals surface area contributed by atoms with Crippen molar-refractivity contribution in [2.75, 3.05) is 18.2 Å². The Kier molecular flexibility index (Phi) is 7.04. The fraction of sp³-hybridized carbons (Fsp3) is 1.00. The molecule has 0 aliphatic heterocycles. The normalized spacial score (nSPS) is 13.2. The quantitative estimate of drug-likeness (QED) is 0.556. The summed E-state index contributed by atoms with van der Waals surface area (Å²) >= 11 is 5.80. The SMILES string of the molecule is CCC(CC)(CCl)NCCSC(F)(F)F. The van der Waals surface area contributed by atoms with E-state index in [1.807, 2.05) is 13.8 Å². The van der Waals surface area contributed by atoms with E-state index in [0.717, 1.165) is 12.8 Å². The van der Waals surface area contributed by atoms with Crippen molar-refractivity contribution in [1.29, 1.82) is 0 Å². The standard InChI is InChI=1S/C9H17ClF3NS/c1-3-8(4-2,7-10)14-5-6-15-9(11,12)13/h14H,3-7H2,1-2H3. The molecular formula is C9H17ClF3NS. The highest BCUT2D eigenvalue weighted by Crippen LogP contribution is 2.29. The molecule has 15 heavy (non-hydrogen) atoms. The molecule has 1 N–H and O–H groups in total. The number of thioether (sulfide) groups is 1. The van der Waals surface area contributed by atoms with E-state index >= 15 is 0 Å². The Balaban J connectivity index is 3.82. The molecule has 1 nitrogen and oxygen atoms in total. The lowest BCUT2D eigenvalue weighted by atomic mass is 9.95. The first-order valence-electron chi connectivity index (χ1n) is 4.91. The van der Waals surface area contributed by atoms with Gasteiger partial charge >= 0.3 is 5.51 Å². The molecular weight excluding hydrogens is 247 g/mol. The first-order chi connectivity index (χ1) is 6.89. The molecule has 0 atom stereocenters. The third-order valence-corrected chi connectivity index (χ3v) is 3.72. The molecule has 0 spiro atoms. The van der Waals surface area contributed by atoms with Gasteiger partial charge in [0.1, 0.15) is 0 Å². The molecule has 0 radical (unpaired) electrons. The highest BCUT2D eigenvalue weighted by atomic mass is 35.5. The van der Waals surface area contributed by atoms with Crippen LogP contribution in [0.25, 0.3) is 0 Å². The van der Waals surface area contributed by atoms with Crippen molar-refractivity contribution in [3.05, 3.63) is 0 Å². The van der Waals surface area contributed by atoms with Gasteiger partial charge in [-0.05, 0) is 24.6 Å². The number of alkyl halides is 4. The Labute approximate surface area is 98.1 Å². The van der Waals surface area contributed by atoms with E-state index in [-0.39, 0.29) is 23.1 Å². The Bertz CT molecular complexity index is 163. The van der Waals surface area contributed by atoms with E-state index in [1.165, 1.54) is 0 Å². The molecule has 92 valence electrons. The lowest BCUT2D eigenvalue weighted by Crippen LogP contribution is -2.47. The van der Waals surface area contributed by atoms with Gasteiger partial charge in [0.2, 0.25) is 0 Å². The summed E-state index contributed by atoms with van der Waals surface area (Å²) in [6, 6.07) is 0. The fourth-order valence-corrected chi connectivity index (χ4v) is 2.13. The molecule has 0 saturated heterocycles. The molecule has 0 aromatic rings. The van der Waals surface area contributed by atoms with Gasteiger partial charge in [-0.25, -0.2) is 0 Å². The highest BCUT2D eigenvalue weighted by Gasteiger charge is 2.29. The molecule has 0 aromatic carbocycles. The minimum atomic E-state index is -4.14. The van der Waals surface area contributed by atoms with Crippen molar-refractivity contribution in [2.45, 2.75) is 37.7 Å². The Morgan fingerprint density at radius 1 is 1.20 bits per heavy atom. The van der Waals surface area contributed by atoms with E-state index in [0.29, 0.717) is 12.4 Å². The second kappa shape index (κ2) is 6.86. The summed E-state index contributed by atoms with van der Waals surface area (Å²) in [5.74, 6) is 0.457. The van der Waals surface area contributed by atoms with Crippen LogP contribution in [0, 0.1) is 0 Å². The van der Waals surface area contributed by atoms with Gasteiger partial charge in [0.25, 0.3) is 0 Å². The number of hydrogen-bond acceptors (Lipinski definition) is 2. The van der Waals surface area contributed by atoms with Gasteiger partial charge in [-0.2, -0.15) is 13.2 Å². The predicted octanol–water partition coefficient (Wildman–Crippen LogP) is 3.63. The van der Waals surface area contributed by atoms with Crippen LogP contribution in [0.3, 0.4) is 0 Å². The summed E-state index contributed by atoms with van der Waals surface area (Å²) in [6.45, 7) is 4.30. The summed E-state index contributed by atoms with van der Waals surface area (Å²) in [5, 5.41) is 3.10. The molecule has 0 aromatic heterocycles. The summed E-state index contributed by atoms with van der Waals surface area (Å²) in [5.41, 5.74) is -4.35. The molecule has 6 heteroatoms. The van der Waals surface area contributed by atoms with Crippen LogP contribution in [-0.2, 0) is 0 Å². The average molecular weight is 264 g/mol. The van der Waals surface area contributed by atoms with Crippen molar-refractivity contribution in [3.8, 4) is 0 Å². The lowest BCUT2D eigenvalue weighted by molar-refractivity contribution is -0.0327. The van der Waals surface area contributed by atoms with Crippen molar-refractivity contribution in [1.82, 2.24) is 5.32 Å². The van der Waals surface area contributed by atoms with Crippen molar-refractivity contribution in [2.24, 2.45) is 0 Å². The second-order valence-electron chi connectivity index (χ2n) is 3.34. The zero-order valence-corrected chi connectivity index (χ0v) is 10.5. The van der Waals surface area contributed by atoms with Gasteiger partial charge in [-0.3, -0.25) is 0 Å². The summed E-state index contributed by atoms with van der Waals surface area (Å²) in [4.78, 5) is 0. The third kappa shape index (κ3) is 6.53. The van der Waals surface area contributed by atoms with E-state index < -0.39 is 5.51 Å². The van der Waals surface area contributed by atoms with Crippen LogP contribution in [0.1, 0.15) is 26.7 Å². The summed E-state index contributed by atoms with van der Waals surface area (Å²) in [6.07, 6.45) is 1.65. The lowest BCUT2D eigenvalue weighted by Gasteiger charge is -2.30. The minimum Gasteiger partial charge on any atom is -0.309 e. The topological polar surface area (TPSA) is 12.0 Å². The minimum absolute atomic E-state index is 0.000138. The van der Waals surface area contributed by atoms with Gasteiger partial charge in [-0.1, -0.05) is 13.8 Å². The molecule has 0 fully saturated rings. The maximum atomic E-state index is 11.8. The van der Waals surface area contributed by atoms with Gasteiger partial charge in [-0.15, -0.1) is 11.6 Å². The van der Waals surface area contributed by atoms with Crippen LogP contribution >= 0.6 is 23.4 Å². The molecule has 0 unspecified atom stereocenters. The molecule has 0 aliphatic rings. The first-order valence-corrected chi connectivity index (χ1v) is 6.43. The van der Waals surface area contributed by atoms with Crippen LogP contribution in [0.4, 0.5) is 13.2 Å². The maximum Gasteiger partial charge on any atom is 0.441 e. The molecule has 0 bridgehead atoms. The molecule has 0 rings (SSSR count). The third-order valence-electron chi connectivity index (χ3n) is 2.48. The van der Waals surface area contributed by atoms with Gasteiger partial charge in [0, 0.05) is 23.7 Å². The van der Waals surface area contributed by atoms with Crippen LogP contribution in [0.5, 0.6) is 0 Å². The van der Waals surface area contributed by atoms with Gasteiger partial charge in [0.15, 0.2) is 0 Å². The highest BCUT2D eigenvalue weighted by molar-refractivity contribution is 8.00. The van der Waals surface area contributed by atoms with Crippen LogP contribution in [0.2, 0.25) is 0 Å². The largest absolute Gasteiger partial charge is 0.441 e. The Hall–Kier alpha value is 0.390. The predicted molar refractivity (Wildman–Crippen MR) is 60.5 cm³/mol. The maximum absolute atomic E-state index is 11.8. The van der Waals surface area contributed by atoms with Crippen molar-refractivity contribution >= 4 is 23.4 Å². The van der Waals surface area contributed by atoms with E-state index in [9.17, 15) is 13.2 Å². The molecule has 0 amide bonds. The first kappa shape index (κ1) is 15.4. The number of rotatable bonds is 7. The van der Waals surface area contributed by atoms with E-state index in [2.05, 4.69) is 5.32 Å². The Morgan fingerprint density at radius 3 is 2.07 bits per heavy atom. The van der Waals surface area contributed by atoms with Crippen molar-refractivity contribution in [3.63, 3.8) is 0 Å². The molecule has 0 saturated carbocycles. The summed E-state index contributed by atoms with van der Waals surface area (Å²) < 4.78 is 35.5. The van der Waals surface area contributed by atoms with Crippen LogP contribution < -0.4 is 5.32 Å². The van der Waals surface area contributed by atoms with Crippen LogP contribution in [0.15, 0.2) is 0 Å². The van der Waals surface area contributed by atoms with E-state index in [4.69, 9.17) is 11.6 Å². The zero-order chi connectivity index (χ0) is 11.9. The zero-order valence-electron chi connectivity index (χ0n) is 8.96. The van der Waals surface area contributed by atoms with Gasteiger partial charge < -0.3 is 5.32 Å². The van der Waals surface area contributed by atoms with E-state index in [1.54, 1.807) is 0 Å². The number of halogens is 4. The smallest absolute Gasteiger partial charge is 0.309 e. The molecule has 0 aliphatic carbocycles. The van der Waals surface area contributed by atoms with Crippen LogP contribution in [-0.4, -0.2) is 29.2 Å². The Morgan fingerprint density at radius 2 is 1.73 bits per heavy atom. The molecule has 0 heterocycles. The fourth-order valence-electron chi connectivity index (χ4n) is 1.22. The van der Waals surface area contributed by atoms with Crippen molar-refractivity contribution < 1.29 is 13.2 Å². The number of nitrogens with one attached hydrogen (secondary N) is 1. The second-order valence-corrected chi connectivity index (χ2v) is 4.77. The van der Waals surface area contributed by atoms with Gasteiger partial charge in [0.05, 0.1) is 0 Å². The average Bonchev–Trinajstić information content (AvgIpc) is 2.18. The summed E-state index contributed by atoms with van der Waals surface area (Å²) in [7, 11) is 0.